The normalized spacial score (nSPS) is 12.6. The van der Waals surface area contributed by atoms with Gasteiger partial charge in [0.05, 0.1) is 22.8 Å². The van der Waals surface area contributed by atoms with E-state index < -0.39 is 0 Å². The maximum absolute atomic E-state index is 5.31. The summed E-state index contributed by atoms with van der Waals surface area (Å²) in [5.41, 5.74) is 16.3. The quantitative estimate of drug-likeness (QED) is 0.132. The van der Waals surface area contributed by atoms with Crippen LogP contribution in [0.4, 0.5) is 0 Å². The van der Waals surface area contributed by atoms with Gasteiger partial charge in [0.15, 0.2) is 0 Å². The molecule has 9 rings (SSSR count). The van der Waals surface area contributed by atoms with Crippen molar-refractivity contribution in [3.8, 4) is 39.1 Å². The molecule has 1 atom stereocenters. The van der Waals surface area contributed by atoms with Crippen molar-refractivity contribution in [2.24, 2.45) is 4.99 Å². The largest absolute Gasteiger partial charge is 0.309 e. The zero-order chi connectivity index (χ0) is 37.8. The average Bonchev–Trinajstić information content (AvgIpc) is 3.60. The highest BCUT2D eigenvalue weighted by atomic mass is 15.0. The van der Waals surface area contributed by atoms with Gasteiger partial charge in [-0.15, -0.1) is 0 Å². The molecule has 0 aliphatic carbocycles. The van der Waals surface area contributed by atoms with Gasteiger partial charge in [-0.25, -0.2) is 0 Å². The van der Waals surface area contributed by atoms with Crippen LogP contribution in [0, 0.1) is 0 Å². The Balaban J connectivity index is 1.11. The van der Waals surface area contributed by atoms with Gasteiger partial charge in [0.2, 0.25) is 0 Å². The number of hydrogen-bond acceptors (Lipinski definition) is 1. The molecule has 1 heterocycles. The molecule has 9 aromatic rings. The molecule has 0 saturated heterocycles. The second-order valence-corrected chi connectivity index (χ2v) is 14.5. The summed E-state index contributed by atoms with van der Waals surface area (Å²) in [7, 11) is 0. The maximum Gasteiger partial charge on any atom is 0.0728 e. The molecular weight excluding hydrogens is 677 g/mol. The van der Waals surface area contributed by atoms with Crippen LogP contribution >= 0.6 is 0 Å². The zero-order valence-corrected chi connectivity index (χ0v) is 31.7. The number of rotatable bonds is 9. The van der Waals surface area contributed by atoms with Gasteiger partial charge in [-0.3, -0.25) is 4.99 Å². The molecule has 0 saturated carbocycles. The van der Waals surface area contributed by atoms with Crippen molar-refractivity contribution in [2.45, 2.75) is 19.9 Å². The fourth-order valence-corrected chi connectivity index (χ4v) is 7.78. The Hall–Kier alpha value is -7.03. The molecule has 268 valence electrons. The summed E-state index contributed by atoms with van der Waals surface area (Å²) in [4.78, 5) is 5.31. The summed E-state index contributed by atoms with van der Waals surface area (Å²) in [5, 5.41) is 2.48. The molecule has 1 unspecified atom stereocenters. The molecule has 8 aromatic carbocycles. The van der Waals surface area contributed by atoms with Crippen LogP contribution in [0.5, 0.6) is 0 Å². The molecule has 0 amide bonds. The number of hydrogen-bond donors (Lipinski definition) is 0. The van der Waals surface area contributed by atoms with Crippen molar-refractivity contribution in [3.05, 3.63) is 229 Å². The fraction of sp³-hybridized carbons (Fsp3) is 0.0556. The van der Waals surface area contributed by atoms with Gasteiger partial charge in [0, 0.05) is 22.0 Å². The van der Waals surface area contributed by atoms with E-state index in [0.29, 0.717) is 0 Å². The number of nitrogens with zero attached hydrogens (tertiary/aromatic N) is 2. The Labute approximate surface area is 329 Å². The first-order chi connectivity index (χ1) is 27.6. The lowest BCUT2D eigenvalue weighted by atomic mass is 9.98. The van der Waals surface area contributed by atoms with Crippen LogP contribution in [-0.4, -0.2) is 10.3 Å². The second-order valence-electron chi connectivity index (χ2n) is 14.5. The van der Waals surface area contributed by atoms with E-state index in [0.717, 1.165) is 28.1 Å². The minimum atomic E-state index is 0.00715. The topological polar surface area (TPSA) is 17.3 Å². The Morgan fingerprint density at radius 2 is 0.893 bits per heavy atom. The van der Waals surface area contributed by atoms with E-state index in [4.69, 9.17) is 4.99 Å². The number of allylic oxidation sites excluding steroid dienone is 2. The van der Waals surface area contributed by atoms with E-state index in [1.54, 1.807) is 0 Å². The third-order valence-electron chi connectivity index (χ3n) is 10.8. The predicted octanol–water partition coefficient (Wildman–Crippen LogP) is 14.4. The van der Waals surface area contributed by atoms with Crippen LogP contribution in [0.2, 0.25) is 0 Å². The Bertz CT molecular complexity index is 2730. The lowest BCUT2D eigenvalue weighted by Gasteiger charge is -2.13. The molecule has 0 N–H and O–H groups in total. The molecule has 2 heteroatoms. The summed E-state index contributed by atoms with van der Waals surface area (Å²) in [6, 6.07) is 73.9. The first-order valence-electron chi connectivity index (χ1n) is 19.4. The molecule has 0 fully saturated rings. The van der Waals surface area contributed by atoms with Gasteiger partial charge in [0.1, 0.15) is 0 Å². The maximum atomic E-state index is 5.31. The molecule has 0 aliphatic heterocycles. The molecule has 0 aliphatic rings. The highest BCUT2D eigenvalue weighted by Gasteiger charge is 2.16. The smallest absolute Gasteiger partial charge is 0.0728 e. The second kappa shape index (κ2) is 15.4. The third-order valence-corrected chi connectivity index (χ3v) is 10.8. The van der Waals surface area contributed by atoms with Crippen molar-refractivity contribution in [3.63, 3.8) is 0 Å². The number of fused-ring (bicyclic) bond motifs is 3. The van der Waals surface area contributed by atoms with Crippen molar-refractivity contribution in [1.29, 1.82) is 0 Å². The SMILES string of the molecule is C/C(=C\C(=NC(C)c1ccccc1)c1cccc(-c2ccc(-n3c4ccc(-c5ccccc5)cc4c4cc(-c5ccccc5)ccc43)cc2)c1)c1ccccc1. The number of aromatic nitrogens is 1. The molecular formula is C54H42N2. The van der Waals surface area contributed by atoms with Gasteiger partial charge in [0.25, 0.3) is 0 Å². The van der Waals surface area contributed by atoms with Crippen LogP contribution in [0.1, 0.15) is 36.6 Å². The van der Waals surface area contributed by atoms with Crippen molar-refractivity contribution >= 4 is 33.1 Å². The molecule has 2 nitrogen and oxygen atoms in total. The van der Waals surface area contributed by atoms with Crippen molar-refractivity contribution in [1.82, 2.24) is 4.57 Å². The molecule has 0 bridgehead atoms. The molecule has 0 spiro atoms. The summed E-state index contributed by atoms with van der Waals surface area (Å²) >= 11 is 0. The third kappa shape index (κ3) is 7.01. The van der Waals surface area contributed by atoms with E-state index in [-0.39, 0.29) is 6.04 Å². The predicted molar refractivity (Wildman–Crippen MR) is 239 cm³/mol. The fourth-order valence-electron chi connectivity index (χ4n) is 7.78. The highest BCUT2D eigenvalue weighted by Crippen LogP contribution is 2.38. The van der Waals surface area contributed by atoms with E-state index in [2.05, 4.69) is 231 Å². The first-order valence-corrected chi connectivity index (χ1v) is 19.4. The van der Waals surface area contributed by atoms with E-state index in [9.17, 15) is 0 Å². The zero-order valence-electron chi connectivity index (χ0n) is 31.7. The molecule has 1 aromatic heterocycles. The van der Waals surface area contributed by atoms with Crippen LogP contribution in [0.15, 0.2) is 217 Å². The van der Waals surface area contributed by atoms with Crippen molar-refractivity contribution in [2.75, 3.05) is 0 Å². The molecule has 0 radical (unpaired) electrons. The van der Waals surface area contributed by atoms with Gasteiger partial charge in [-0.1, -0.05) is 164 Å². The minimum absolute atomic E-state index is 0.00715. The van der Waals surface area contributed by atoms with Crippen LogP contribution in [0.25, 0.3) is 66.4 Å². The number of aliphatic imine (C=N–C) groups is 1. The monoisotopic (exact) mass is 718 g/mol. The van der Waals surface area contributed by atoms with Crippen LogP contribution < -0.4 is 0 Å². The van der Waals surface area contributed by atoms with Crippen LogP contribution in [0.3, 0.4) is 0 Å². The Morgan fingerprint density at radius 3 is 1.46 bits per heavy atom. The molecule has 56 heavy (non-hydrogen) atoms. The van der Waals surface area contributed by atoms with E-state index in [1.165, 1.54) is 60.8 Å². The van der Waals surface area contributed by atoms with Gasteiger partial charge in [-0.2, -0.15) is 0 Å². The minimum Gasteiger partial charge on any atom is -0.309 e. The van der Waals surface area contributed by atoms with E-state index in [1.807, 2.05) is 0 Å². The lowest BCUT2D eigenvalue weighted by Crippen LogP contribution is -2.02. The first kappa shape index (κ1) is 34.7. The Morgan fingerprint density at radius 1 is 0.446 bits per heavy atom. The van der Waals surface area contributed by atoms with Gasteiger partial charge in [-0.05, 0) is 112 Å². The lowest BCUT2D eigenvalue weighted by molar-refractivity contribution is 0.822. The van der Waals surface area contributed by atoms with Crippen molar-refractivity contribution < 1.29 is 0 Å². The number of benzene rings is 8. The average molecular weight is 719 g/mol. The summed E-state index contributed by atoms with van der Waals surface area (Å²) in [5.74, 6) is 0. The van der Waals surface area contributed by atoms with Gasteiger partial charge < -0.3 is 4.57 Å². The summed E-state index contributed by atoms with van der Waals surface area (Å²) < 4.78 is 2.40. The standard InChI is InChI=1S/C54H42N2/c1-38(40-16-7-3-8-17-40)34-52(55-39(2)41-18-9-4-10-19-41)48-25-15-24-45(35-48)44-26-30-49(31-27-44)56-53-32-28-46(42-20-11-5-12-21-42)36-50(53)51-37-47(29-33-54(51)56)43-22-13-6-14-23-43/h3-37,39H,1-2H3/b38-34+,55-52?. The summed E-state index contributed by atoms with van der Waals surface area (Å²) in [6.07, 6.45) is 2.23. The van der Waals surface area contributed by atoms with Gasteiger partial charge >= 0.3 is 0 Å². The van der Waals surface area contributed by atoms with Crippen LogP contribution in [-0.2, 0) is 0 Å². The summed E-state index contributed by atoms with van der Waals surface area (Å²) in [6.45, 7) is 4.34. The Kier molecular flexibility index (Phi) is 9.53. The highest BCUT2D eigenvalue weighted by molar-refractivity contribution is 6.13. The van der Waals surface area contributed by atoms with E-state index >= 15 is 0 Å².